The molecule has 4 atom stereocenters. The second-order valence-electron chi connectivity index (χ2n) is 4.33. The molecule has 0 aromatic heterocycles. The lowest BCUT2D eigenvalue weighted by atomic mass is 10.0. The quantitative estimate of drug-likeness (QED) is 0.386. The summed E-state index contributed by atoms with van der Waals surface area (Å²) in [5.41, 5.74) is 0. The van der Waals surface area contributed by atoms with E-state index in [9.17, 15) is 19.2 Å². The number of nitrogens with one attached hydrogen (secondary N) is 1. The van der Waals surface area contributed by atoms with Gasteiger partial charge < -0.3 is 24.3 Å². The number of rotatable bonds is 5. The molecule has 1 fully saturated rings. The molecule has 1 amide bonds. The number of hydrogen-bond acceptors (Lipinski definition) is 8. The van der Waals surface area contributed by atoms with Gasteiger partial charge in [0.25, 0.3) is 0 Å². The summed E-state index contributed by atoms with van der Waals surface area (Å²) < 4.78 is 20.4. The van der Waals surface area contributed by atoms with Crippen molar-refractivity contribution in [2.45, 2.75) is 45.3 Å². The van der Waals surface area contributed by atoms with Gasteiger partial charge in [0.15, 0.2) is 24.5 Å². The number of ether oxygens (including phenoxy) is 4. The van der Waals surface area contributed by atoms with Crippen LogP contribution in [0, 0.1) is 0 Å². The fourth-order valence-corrected chi connectivity index (χ4v) is 1.95. The molecular formula is C12H17NO8. The highest BCUT2D eigenvalue weighted by Crippen LogP contribution is 2.23. The molecule has 1 N–H and O–H groups in total. The Hall–Kier alpha value is -2.16. The molecule has 1 aliphatic rings. The van der Waals surface area contributed by atoms with Crippen LogP contribution >= 0.6 is 0 Å². The lowest BCUT2D eigenvalue weighted by molar-refractivity contribution is -0.229. The number of amides is 1. The molecule has 9 heteroatoms. The van der Waals surface area contributed by atoms with Gasteiger partial charge in [-0.05, 0) is 0 Å². The minimum atomic E-state index is -1.13. The number of hydrogen-bond donors (Lipinski definition) is 1. The molecule has 118 valence electrons. The van der Waals surface area contributed by atoms with E-state index in [1.165, 1.54) is 6.92 Å². The molecule has 1 rings (SSSR count). The molecule has 1 aliphatic heterocycles. The average Bonchev–Trinajstić information content (AvgIpc) is 2.35. The molecule has 21 heavy (non-hydrogen) atoms. The van der Waals surface area contributed by atoms with E-state index >= 15 is 0 Å². The maximum Gasteiger partial charge on any atom is 0.303 e. The minimum absolute atomic E-state index is 0.124. The molecule has 1 saturated heterocycles. The zero-order valence-corrected chi connectivity index (χ0v) is 11.9. The van der Waals surface area contributed by atoms with Crippen LogP contribution in [0.1, 0.15) is 20.8 Å². The van der Waals surface area contributed by atoms with Gasteiger partial charge in [0, 0.05) is 20.8 Å². The van der Waals surface area contributed by atoms with Crippen molar-refractivity contribution < 1.29 is 38.1 Å². The molecule has 0 bridgehead atoms. The summed E-state index contributed by atoms with van der Waals surface area (Å²) >= 11 is 0. The molecule has 1 unspecified atom stereocenters. The van der Waals surface area contributed by atoms with Crippen LogP contribution in [0.4, 0.5) is 0 Å². The average molecular weight is 303 g/mol. The summed E-state index contributed by atoms with van der Waals surface area (Å²) in [5.74, 6) is -1.92. The van der Waals surface area contributed by atoms with Crippen LogP contribution in [0.15, 0.2) is 0 Å². The predicted molar refractivity (Wildman–Crippen MR) is 65.6 cm³/mol. The maximum absolute atomic E-state index is 11.2. The Morgan fingerprint density at radius 1 is 1.00 bits per heavy atom. The van der Waals surface area contributed by atoms with Crippen molar-refractivity contribution in [3.8, 4) is 0 Å². The van der Waals surface area contributed by atoms with Gasteiger partial charge in [-0.3, -0.25) is 19.2 Å². The standard InChI is InChI=1S/C12H17NO8/c1-6(15)19-9-4-18-12(13-5-14)11(21-8(3)17)10(9)20-7(2)16/h5,9-12H,4H2,1-3H3,(H,13,14)/t9-,10+,11-,12?/m1/s1. The van der Waals surface area contributed by atoms with Crippen molar-refractivity contribution in [3.63, 3.8) is 0 Å². The highest BCUT2D eigenvalue weighted by Gasteiger charge is 2.46. The van der Waals surface area contributed by atoms with Crippen LogP contribution in [0.2, 0.25) is 0 Å². The Balaban J connectivity index is 2.99. The van der Waals surface area contributed by atoms with Gasteiger partial charge >= 0.3 is 17.9 Å². The zero-order valence-electron chi connectivity index (χ0n) is 11.9. The van der Waals surface area contributed by atoms with Gasteiger partial charge in [-0.25, -0.2) is 0 Å². The zero-order chi connectivity index (χ0) is 16.0. The first-order chi connectivity index (χ1) is 9.85. The van der Waals surface area contributed by atoms with Crippen LogP contribution in [-0.4, -0.2) is 55.5 Å². The summed E-state index contributed by atoms with van der Waals surface area (Å²) in [7, 11) is 0. The molecule has 0 aliphatic carbocycles. The molecule has 9 nitrogen and oxygen atoms in total. The van der Waals surface area contributed by atoms with Gasteiger partial charge in [-0.1, -0.05) is 0 Å². The van der Waals surface area contributed by atoms with Gasteiger partial charge in [0.1, 0.15) is 0 Å². The maximum atomic E-state index is 11.2. The predicted octanol–water partition coefficient (Wildman–Crippen LogP) is -1.12. The normalized spacial score (nSPS) is 28.1. The topological polar surface area (TPSA) is 117 Å². The molecule has 0 saturated carbocycles. The minimum Gasteiger partial charge on any atom is -0.456 e. The van der Waals surface area contributed by atoms with Gasteiger partial charge in [0.05, 0.1) is 6.61 Å². The van der Waals surface area contributed by atoms with Crippen molar-refractivity contribution in [1.82, 2.24) is 5.32 Å². The Morgan fingerprint density at radius 3 is 2.00 bits per heavy atom. The molecule has 1 heterocycles. The van der Waals surface area contributed by atoms with Crippen molar-refractivity contribution in [2.24, 2.45) is 0 Å². The van der Waals surface area contributed by atoms with Crippen LogP contribution in [0.3, 0.4) is 0 Å². The van der Waals surface area contributed by atoms with E-state index in [2.05, 4.69) is 5.32 Å². The third-order valence-electron chi connectivity index (χ3n) is 2.58. The van der Waals surface area contributed by atoms with Crippen LogP contribution in [0.25, 0.3) is 0 Å². The van der Waals surface area contributed by atoms with E-state index in [1.807, 2.05) is 0 Å². The van der Waals surface area contributed by atoms with E-state index in [4.69, 9.17) is 18.9 Å². The third-order valence-corrected chi connectivity index (χ3v) is 2.58. The first kappa shape index (κ1) is 16.9. The summed E-state index contributed by atoms with van der Waals surface area (Å²) in [5, 5.41) is 2.31. The summed E-state index contributed by atoms with van der Waals surface area (Å²) in [6, 6.07) is 0. The van der Waals surface area contributed by atoms with Crippen molar-refractivity contribution in [1.29, 1.82) is 0 Å². The SMILES string of the molecule is CC(=O)O[C@H]1[C@H](OC(C)=O)COC(NC=O)[C@@H]1OC(C)=O. The lowest BCUT2D eigenvalue weighted by Crippen LogP contribution is -2.61. The van der Waals surface area contributed by atoms with Crippen molar-refractivity contribution in [3.05, 3.63) is 0 Å². The first-order valence-electron chi connectivity index (χ1n) is 6.18. The summed E-state index contributed by atoms with van der Waals surface area (Å²) in [4.78, 5) is 44.0. The van der Waals surface area contributed by atoms with E-state index in [0.717, 1.165) is 13.8 Å². The van der Waals surface area contributed by atoms with Gasteiger partial charge in [0.2, 0.25) is 6.41 Å². The summed E-state index contributed by atoms with van der Waals surface area (Å²) in [6.07, 6.45) is -3.81. The monoisotopic (exact) mass is 303 g/mol. The Kier molecular flexibility index (Phi) is 6.10. The van der Waals surface area contributed by atoms with Gasteiger partial charge in [-0.15, -0.1) is 0 Å². The molecular weight excluding hydrogens is 286 g/mol. The van der Waals surface area contributed by atoms with E-state index < -0.39 is 42.4 Å². The molecule has 0 aromatic carbocycles. The fraction of sp³-hybridized carbons (Fsp3) is 0.667. The third kappa shape index (κ3) is 5.03. The number of carbonyl (C=O) groups excluding carboxylic acids is 4. The van der Waals surface area contributed by atoms with Crippen molar-refractivity contribution >= 4 is 24.3 Å². The highest BCUT2D eigenvalue weighted by atomic mass is 16.6. The fourth-order valence-electron chi connectivity index (χ4n) is 1.95. The van der Waals surface area contributed by atoms with E-state index in [1.54, 1.807) is 0 Å². The van der Waals surface area contributed by atoms with E-state index in [-0.39, 0.29) is 6.61 Å². The molecule has 0 spiro atoms. The van der Waals surface area contributed by atoms with E-state index in [0.29, 0.717) is 6.41 Å². The second kappa shape index (κ2) is 7.58. The second-order valence-corrected chi connectivity index (χ2v) is 4.33. The molecule has 0 aromatic rings. The first-order valence-corrected chi connectivity index (χ1v) is 6.18. The van der Waals surface area contributed by atoms with Gasteiger partial charge in [-0.2, -0.15) is 0 Å². The number of carbonyl (C=O) groups is 4. The summed E-state index contributed by atoms with van der Waals surface area (Å²) in [6.45, 7) is 3.37. The van der Waals surface area contributed by atoms with Crippen molar-refractivity contribution in [2.75, 3.05) is 6.61 Å². The molecule has 0 radical (unpaired) electrons. The highest BCUT2D eigenvalue weighted by molar-refractivity contribution is 5.68. The van der Waals surface area contributed by atoms with Crippen LogP contribution < -0.4 is 5.32 Å². The Bertz CT molecular complexity index is 423. The van der Waals surface area contributed by atoms with Crippen LogP contribution in [-0.2, 0) is 38.1 Å². The lowest BCUT2D eigenvalue weighted by Gasteiger charge is -2.40. The Labute approximate surface area is 120 Å². The number of esters is 3. The smallest absolute Gasteiger partial charge is 0.303 e. The van der Waals surface area contributed by atoms with Crippen LogP contribution in [0.5, 0.6) is 0 Å². The Morgan fingerprint density at radius 2 is 1.52 bits per heavy atom. The largest absolute Gasteiger partial charge is 0.456 e.